The average molecular weight is 260 g/mol. The van der Waals surface area contributed by atoms with Crippen LogP contribution in [0.3, 0.4) is 0 Å². The largest absolute Gasteiger partial charge is 0.334 e. The van der Waals surface area contributed by atoms with Gasteiger partial charge in [0, 0.05) is 18.3 Å². The van der Waals surface area contributed by atoms with E-state index in [2.05, 4.69) is 17.6 Å². The highest BCUT2D eigenvalue weighted by Crippen LogP contribution is 2.09. The summed E-state index contributed by atoms with van der Waals surface area (Å²) in [6, 6.07) is 8.51. The summed E-state index contributed by atoms with van der Waals surface area (Å²) in [5.74, 6) is 0. The molecule has 1 unspecified atom stereocenters. The number of nitrogens with zero attached hydrogens (tertiary/aromatic N) is 1. The molecule has 0 heterocycles. The number of amides is 2. The fraction of sp³-hybridized carbons (Fsp3) is 0.429. The fourth-order valence-corrected chi connectivity index (χ4v) is 1.72. The van der Waals surface area contributed by atoms with Crippen LogP contribution < -0.4 is 16.4 Å². The van der Waals surface area contributed by atoms with E-state index >= 15 is 0 Å². The van der Waals surface area contributed by atoms with Crippen molar-refractivity contribution in [3.05, 3.63) is 29.8 Å². The van der Waals surface area contributed by atoms with Crippen molar-refractivity contribution in [1.82, 2.24) is 5.32 Å². The summed E-state index contributed by atoms with van der Waals surface area (Å²) in [7, 11) is 0. The van der Waals surface area contributed by atoms with Gasteiger partial charge in [-0.25, -0.2) is 4.79 Å². The molecule has 0 aliphatic carbocycles. The van der Waals surface area contributed by atoms with Crippen LogP contribution in [0.1, 0.15) is 31.7 Å². The second-order valence-corrected chi connectivity index (χ2v) is 4.37. The smallest absolute Gasteiger partial charge is 0.319 e. The van der Waals surface area contributed by atoms with Crippen LogP contribution in [0.4, 0.5) is 10.5 Å². The van der Waals surface area contributed by atoms with Gasteiger partial charge in [-0.2, -0.15) is 5.26 Å². The summed E-state index contributed by atoms with van der Waals surface area (Å²) in [6.07, 6.45) is 2.98. The van der Waals surface area contributed by atoms with Crippen molar-refractivity contribution in [3.63, 3.8) is 0 Å². The van der Waals surface area contributed by atoms with Gasteiger partial charge in [-0.3, -0.25) is 0 Å². The number of hydrogen-bond donors (Lipinski definition) is 3. The molecule has 5 heteroatoms. The first-order valence-corrected chi connectivity index (χ1v) is 6.47. The van der Waals surface area contributed by atoms with Crippen LogP contribution in [0, 0.1) is 11.3 Å². The lowest BCUT2D eigenvalue weighted by atomic mass is 10.1. The Balaban J connectivity index is 2.51. The predicted octanol–water partition coefficient (Wildman–Crippen LogP) is 2.20. The van der Waals surface area contributed by atoms with Crippen molar-refractivity contribution in [2.45, 2.75) is 32.2 Å². The highest BCUT2D eigenvalue weighted by Gasteiger charge is 2.10. The second kappa shape index (κ2) is 8.11. The molecule has 0 aromatic heterocycles. The minimum atomic E-state index is -0.290. The van der Waals surface area contributed by atoms with Gasteiger partial charge < -0.3 is 16.4 Å². The number of rotatable bonds is 6. The lowest BCUT2D eigenvalue weighted by Crippen LogP contribution is -2.42. The number of anilines is 1. The maximum atomic E-state index is 11.8. The van der Waals surface area contributed by atoms with Crippen LogP contribution in [0.15, 0.2) is 24.3 Å². The molecule has 19 heavy (non-hydrogen) atoms. The number of nitrogens with two attached hydrogens (primary N) is 1. The zero-order chi connectivity index (χ0) is 14.1. The van der Waals surface area contributed by atoms with E-state index in [9.17, 15) is 4.79 Å². The Hall–Kier alpha value is -2.06. The van der Waals surface area contributed by atoms with Gasteiger partial charge in [-0.05, 0) is 24.6 Å². The van der Waals surface area contributed by atoms with Crippen LogP contribution in [0.2, 0.25) is 0 Å². The van der Waals surface area contributed by atoms with E-state index in [0.29, 0.717) is 17.8 Å². The van der Waals surface area contributed by atoms with Gasteiger partial charge in [0.25, 0.3) is 0 Å². The van der Waals surface area contributed by atoms with E-state index in [0.717, 1.165) is 19.3 Å². The Morgan fingerprint density at radius 2 is 2.32 bits per heavy atom. The molecule has 102 valence electrons. The second-order valence-electron chi connectivity index (χ2n) is 4.37. The van der Waals surface area contributed by atoms with Crippen LogP contribution >= 0.6 is 0 Å². The molecule has 0 spiro atoms. The van der Waals surface area contributed by atoms with Crippen molar-refractivity contribution in [2.24, 2.45) is 5.73 Å². The number of nitrogens with one attached hydrogen (secondary N) is 2. The van der Waals surface area contributed by atoms with E-state index in [1.54, 1.807) is 24.3 Å². The molecule has 4 N–H and O–H groups in total. The quantitative estimate of drug-likeness (QED) is 0.732. The summed E-state index contributed by atoms with van der Waals surface area (Å²) >= 11 is 0. The number of hydrogen-bond acceptors (Lipinski definition) is 3. The summed E-state index contributed by atoms with van der Waals surface area (Å²) in [4.78, 5) is 11.8. The lowest BCUT2D eigenvalue weighted by Gasteiger charge is -2.17. The number of benzene rings is 1. The standard InChI is InChI=1S/C14H20N4O/c1-2-3-6-13(10-16)18-14(19)17-12-7-4-5-11(8-12)9-15/h4-5,7-8,13H,2-3,6,10,16H2,1H3,(H2,17,18,19). The van der Waals surface area contributed by atoms with Gasteiger partial charge in [0.2, 0.25) is 0 Å². The molecular formula is C14H20N4O. The van der Waals surface area contributed by atoms with Crippen LogP contribution in [-0.2, 0) is 0 Å². The van der Waals surface area contributed by atoms with Gasteiger partial charge in [0.1, 0.15) is 0 Å². The molecule has 1 aromatic rings. The third-order valence-corrected chi connectivity index (χ3v) is 2.78. The maximum Gasteiger partial charge on any atom is 0.319 e. The first-order chi connectivity index (χ1) is 9.19. The number of carbonyl (C=O) groups is 1. The maximum absolute atomic E-state index is 11.8. The van der Waals surface area contributed by atoms with Crippen LogP contribution in [0.25, 0.3) is 0 Å². The van der Waals surface area contributed by atoms with Gasteiger partial charge in [0.05, 0.1) is 11.6 Å². The number of nitriles is 1. The molecule has 0 aliphatic rings. The molecule has 0 fully saturated rings. The Kier molecular flexibility index (Phi) is 6.41. The van der Waals surface area contributed by atoms with Crippen molar-refractivity contribution in [1.29, 1.82) is 5.26 Å². The monoisotopic (exact) mass is 260 g/mol. The molecule has 1 atom stereocenters. The Labute approximate surface area is 113 Å². The molecular weight excluding hydrogens is 240 g/mol. The molecule has 0 saturated heterocycles. The van der Waals surface area contributed by atoms with E-state index in [4.69, 9.17) is 11.0 Å². The van der Waals surface area contributed by atoms with E-state index in [1.807, 2.05) is 6.07 Å². The van der Waals surface area contributed by atoms with Crippen molar-refractivity contribution in [2.75, 3.05) is 11.9 Å². The summed E-state index contributed by atoms with van der Waals surface area (Å²) in [5.41, 5.74) is 6.73. The first-order valence-electron chi connectivity index (χ1n) is 6.47. The van der Waals surface area contributed by atoms with Crippen molar-refractivity contribution < 1.29 is 4.79 Å². The fourth-order valence-electron chi connectivity index (χ4n) is 1.72. The molecule has 0 aliphatic heterocycles. The first kappa shape index (κ1) is 15.0. The van der Waals surface area contributed by atoms with Crippen molar-refractivity contribution in [3.8, 4) is 6.07 Å². The molecule has 1 aromatic carbocycles. The number of urea groups is 1. The highest BCUT2D eigenvalue weighted by molar-refractivity contribution is 5.89. The van der Waals surface area contributed by atoms with Gasteiger partial charge >= 0.3 is 6.03 Å². The molecule has 0 radical (unpaired) electrons. The Morgan fingerprint density at radius 3 is 2.95 bits per heavy atom. The SMILES string of the molecule is CCCCC(CN)NC(=O)Nc1cccc(C#N)c1. The molecule has 0 saturated carbocycles. The summed E-state index contributed by atoms with van der Waals surface area (Å²) in [6.45, 7) is 2.52. The minimum Gasteiger partial charge on any atom is -0.334 e. The van der Waals surface area contributed by atoms with E-state index in [-0.39, 0.29) is 12.1 Å². The Bertz CT molecular complexity index is 453. The minimum absolute atomic E-state index is 0.0147. The molecule has 1 rings (SSSR count). The van der Waals surface area contributed by atoms with Crippen LogP contribution in [0.5, 0.6) is 0 Å². The zero-order valence-electron chi connectivity index (χ0n) is 11.1. The molecule has 2 amide bonds. The average Bonchev–Trinajstić information content (AvgIpc) is 2.43. The third kappa shape index (κ3) is 5.40. The molecule has 5 nitrogen and oxygen atoms in total. The van der Waals surface area contributed by atoms with Crippen molar-refractivity contribution >= 4 is 11.7 Å². The van der Waals surface area contributed by atoms with Gasteiger partial charge in [-0.1, -0.05) is 25.8 Å². The predicted molar refractivity (Wildman–Crippen MR) is 75.7 cm³/mol. The third-order valence-electron chi connectivity index (χ3n) is 2.78. The van der Waals surface area contributed by atoms with E-state index < -0.39 is 0 Å². The van der Waals surface area contributed by atoms with Gasteiger partial charge in [0.15, 0.2) is 0 Å². The number of unbranched alkanes of at least 4 members (excludes halogenated alkanes) is 1. The normalized spacial score (nSPS) is 11.4. The summed E-state index contributed by atoms with van der Waals surface area (Å²) < 4.78 is 0. The zero-order valence-corrected chi connectivity index (χ0v) is 11.1. The molecule has 0 bridgehead atoms. The van der Waals surface area contributed by atoms with Gasteiger partial charge in [-0.15, -0.1) is 0 Å². The highest BCUT2D eigenvalue weighted by atomic mass is 16.2. The summed E-state index contributed by atoms with van der Waals surface area (Å²) in [5, 5.41) is 14.3. The van der Waals surface area contributed by atoms with Crippen LogP contribution in [-0.4, -0.2) is 18.6 Å². The number of carbonyl (C=O) groups excluding carboxylic acids is 1. The van der Waals surface area contributed by atoms with E-state index in [1.165, 1.54) is 0 Å². The topological polar surface area (TPSA) is 90.9 Å². The lowest BCUT2D eigenvalue weighted by molar-refractivity contribution is 0.247. The Morgan fingerprint density at radius 1 is 1.53 bits per heavy atom.